The van der Waals surface area contributed by atoms with Crippen molar-refractivity contribution in [2.24, 2.45) is 0 Å². The number of benzene rings is 1. The lowest BCUT2D eigenvalue weighted by Crippen LogP contribution is -2.49. The first-order valence-corrected chi connectivity index (χ1v) is 6.22. The number of para-hydroxylation sites is 1. The molecule has 1 heterocycles. The summed E-state index contributed by atoms with van der Waals surface area (Å²) in [7, 11) is 0. The first-order chi connectivity index (χ1) is 8.09. The third-order valence-corrected chi connectivity index (χ3v) is 3.50. The Labute approximate surface area is 103 Å². The molecule has 0 radical (unpaired) electrons. The molecule has 1 fully saturated rings. The number of nitrogens with zero attached hydrogens (tertiary/aromatic N) is 2. The lowest BCUT2D eigenvalue weighted by molar-refractivity contribution is 0.209. The number of rotatable bonds is 2. The fraction of sp³-hybridized carbons (Fsp3) is 0.538. The van der Waals surface area contributed by atoms with Crippen molar-refractivity contribution in [3.63, 3.8) is 0 Å². The molecule has 0 spiro atoms. The maximum Gasteiger partial charge on any atom is 0.0785 e. The molecule has 1 saturated heterocycles. The Bertz CT molecular complexity index is 381. The maximum atomic E-state index is 6.03. The molecule has 0 aromatic heterocycles. The van der Waals surface area contributed by atoms with E-state index in [2.05, 4.69) is 29.7 Å². The van der Waals surface area contributed by atoms with E-state index in [1.54, 1.807) is 0 Å². The number of hydrogen-bond donors (Lipinski definition) is 2. The van der Waals surface area contributed by atoms with E-state index < -0.39 is 0 Å². The van der Waals surface area contributed by atoms with Gasteiger partial charge < -0.3 is 16.4 Å². The van der Waals surface area contributed by atoms with Gasteiger partial charge in [-0.3, -0.25) is 4.90 Å². The summed E-state index contributed by atoms with van der Waals surface area (Å²) in [6, 6.07) is 6.49. The SMILES string of the molecule is CC(C)N1CCN(c2cccc(N)c2N)CC1. The second kappa shape index (κ2) is 4.84. The average Bonchev–Trinajstić information content (AvgIpc) is 2.33. The topological polar surface area (TPSA) is 58.5 Å². The standard InChI is InChI=1S/C13H22N4/c1-10(2)16-6-8-17(9-7-16)12-5-3-4-11(14)13(12)15/h3-5,10H,6-9,14-15H2,1-2H3. The van der Waals surface area contributed by atoms with Crippen LogP contribution >= 0.6 is 0 Å². The minimum atomic E-state index is 0.621. The quantitative estimate of drug-likeness (QED) is 0.759. The van der Waals surface area contributed by atoms with Gasteiger partial charge >= 0.3 is 0 Å². The molecule has 0 unspecified atom stereocenters. The van der Waals surface area contributed by atoms with Gasteiger partial charge in [0.1, 0.15) is 0 Å². The summed E-state index contributed by atoms with van der Waals surface area (Å²) in [6.07, 6.45) is 0. The van der Waals surface area contributed by atoms with Crippen molar-refractivity contribution in [1.82, 2.24) is 4.90 Å². The molecule has 1 aliphatic rings. The highest BCUT2D eigenvalue weighted by molar-refractivity contribution is 5.79. The van der Waals surface area contributed by atoms with Crippen molar-refractivity contribution >= 4 is 17.1 Å². The van der Waals surface area contributed by atoms with E-state index in [4.69, 9.17) is 11.5 Å². The third kappa shape index (κ3) is 2.47. The predicted molar refractivity (Wildman–Crippen MR) is 74.2 cm³/mol. The first-order valence-electron chi connectivity index (χ1n) is 6.22. The molecule has 4 N–H and O–H groups in total. The summed E-state index contributed by atoms with van der Waals surface area (Å²) in [4.78, 5) is 4.81. The van der Waals surface area contributed by atoms with Crippen LogP contribution in [0.1, 0.15) is 13.8 Å². The van der Waals surface area contributed by atoms with E-state index in [1.807, 2.05) is 12.1 Å². The summed E-state index contributed by atoms with van der Waals surface area (Å²) in [5.41, 5.74) is 14.3. The van der Waals surface area contributed by atoms with Crippen molar-refractivity contribution in [3.8, 4) is 0 Å². The van der Waals surface area contributed by atoms with Gasteiger partial charge in [-0.05, 0) is 26.0 Å². The Kier molecular flexibility index (Phi) is 3.43. The van der Waals surface area contributed by atoms with E-state index >= 15 is 0 Å². The molecule has 1 aromatic carbocycles. The molecule has 94 valence electrons. The molecule has 0 atom stereocenters. The summed E-state index contributed by atoms with van der Waals surface area (Å²) in [5, 5.41) is 0. The van der Waals surface area contributed by atoms with Crippen molar-refractivity contribution in [3.05, 3.63) is 18.2 Å². The van der Waals surface area contributed by atoms with Crippen molar-refractivity contribution in [1.29, 1.82) is 0 Å². The molecule has 17 heavy (non-hydrogen) atoms. The van der Waals surface area contributed by atoms with E-state index in [0.717, 1.165) is 31.9 Å². The van der Waals surface area contributed by atoms with Crippen LogP contribution < -0.4 is 16.4 Å². The van der Waals surface area contributed by atoms with Gasteiger partial charge in [-0.15, -0.1) is 0 Å². The fourth-order valence-electron chi connectivity index (χ4n) is 2.33. The van der Waals surface area contributed by atoms with Crippen molar-refractivity contribution < 1.29 is 0 Å². The Balaban J connectivity index is 2.08. The molecule has 2 rings (SSSR count). The minimum Gasteiger partial charge on any atom is -0.397 e. The second-order valence-corrected chi connectivity index (χ2v) is 4.90. The Morgan fingerprint density at radius 1 is 1.06 bits per heavy atom. The van der Waals surface area contributed by atoms with Crippen molar-refractivity contribution in [2.45, 2.75) is 19.9 Å². The maximum absolute atomic E-state index is 6.03. The van der Waals surface area contributed by atoms with Crippen LogP contribution in [0.15, 0.2) is 18.2 Å². The normalized spacial score (nSPS) is 17.7. The number of nitrogens with two attached hydrogens (primary N) is 2. The zero-order valence-corrected chi connectivity index (χ0v) is 10.7. The molecule has 0 bridgehead atoms. The van der Waals surface area contributed by atoms with E-state index in [1.165, 1.54) is 0 Å². The van der Waals surface area contributed by atoms with Gasteiger partial charge in [0.15, 0.2) is 0 Å². The summed E-state index contributed by atoms with van der Waals surface area (Å²) < 4.78 is 0. The molecule has 1 aliphatic heterocycles. The average molecular weight is 234 g/mol. The van der Waals surface area contributed by atoms with E-state index in [0.29, 0.717) is 17.4 Å². The molecular formula is C13H22N4. The minimum absolute atomic E-state index is 0.621. The number of piperazine rings is 1. The lowest BCUT2D eigenvalue weighted by Gasteiger charge is -2.38. The highest BCUT2D eigenvalue weighted by Crippen LogP contribution is 2.29. The number of hydrogen-bond acceptors (Lipinski definition) is 4. The van der Waals surface area contributed by atoms with Gasteiger partial charge in [0, 0.05) is 32.2 Å². The first kappa shape index (κ1) is 12.0. The van der Waals surface area contributed by atoms with Crippen LogP contribution in [0, 0.1) is 0 Å². The fourth-order valence-corrected chi connectivity index (χ4v) is 2.33. The number of anilines is 3. The lowest BCUT2D eigenvalue weighted by atomic mass is 10.2. The zero-order chi connectivity index (χ0) is 12.4. The van der Waals surface area contributed by atoms with Crippen LogP contribution in [0.5, 0.6) is 0 Å². The Morgan fingerprint density at radius 2 is 1.71 bits per heavy atom. The molecule has 4 heteroatoms. The second-order valence-electron chi connectivity index (χ2n) is 4.90. The summed E-state index contributed by atoms with van der Waals surface area (Å²) in [6.45, 7) is 8.70. The Morgan fingerprint density at radius 3 is 2.29 bits per heavy atom. The predicted octanol–water partition coefficient (Wildman–Crippen LogP) is 1.38. The van der Waals surface area contributed by atoms with Gasteiger partial charge in [-0.25, -0.2) is 0 Å². The van der Waals surface area contributed by atoms with Crippen LogP contribution in [-0.2, 0) is 0 Å². The molecule has 0 saturated carbocycles. The smallest absolute Gasteiger partial charge is 0.0785 e. The van der Waals surface area contributed by atoms with E-state index in [9.17, 15) is 0 Å². The summed E-state index contributed by atoms with van der Waals surface area (Å²) >= 11 is 0. The van der Waals surface area contributed by atoms with Gasteiger partial charge in [0.2, 0.25) is 0 Å². The molecular weight excluding hydrogens is 212 g/mol. The van der Waals surface area contributed by atoms with Gasteiger partial charge in [-0.1, -0.05) is 6.07 Å². The monoisotopic (exact) mass is 234 g/mol. The van der Waals surface area contributed by atoms with E-state index in [-0.39, 0.29) is 0 Å². The molecule has 1 aromatic rings. The van der Waals surface area contributed by atoms with Gasteiger partial charge in [0.05, 0.1) is 17.1 Å². The van der Waals surface area contributed by atoms with Crippen LogP contribution in [0.4, 0.5) is 17.1 Å². The third-order valence-electron chi connectivity index (χ3n) is 3.50. The van der Waals surface area contributed by atoms with Crippen LogP contribution in [-0.4, -0.2) is 37.1 Å². The van der Waals surface area contributed by atoms with Gasteiger partial charge in [-0.2, -0.15) is 0 Å². The van der Waals surface area contributed by atoms with Gasteiger partial charge in [0.25, 0.3) is 0 Å². The highest BCUT2D eigenvalue weighted by atomic mass is 15.3. The van der Waals surface area contributed by atoms with Crippen molar-refractivity contribution in [2.75, 3.05) is 42.5 Å². The summed E-state index contributed by atoms with van der Waals surface area (Å²) in [5.74, 6) is 0. The molecule has 0 aliphatic carbocycles. The van der Waals surface area contributed by atoms with Crippen LogP contribution in [0.3, 0.4) is 0 Å². The Hall–Kier alpha value is -1.42. The largest absolute Gasteiger partial charge is 0.397 e. The molecule has 0 amide bonds. The number of nitrogen functional groups attached to an aromatic ring is 2. The van der Waals surface area contributed by atoms with Crippen LogP contribution in [0.25, 0.3) is 0 Å². The highest BCUT2D eigenvalue weighted by Gasteiger charge is 2.20. The molecule has 4 nitrogen and oxygen atoms in total. The zero-order valence-electron chi connectivity index (χ0n) is 10.7. The van der Waals surface area contributed by atoms with Crippen LogP contribution in [0.2, 0.25) is 0 Å².